The standard InChI is InChI=1S/C21H21N3O4/c1-14(17-9-5-7-15-6-3-4-8-18(15)17)22-13-21(25)23-19-11-10-16(28-2)12-20(19)24(26)27/h3-12,14,22H,13H2,1-2H3,(H,23,25)/p+1/t14-/m1/s1. The van der Waals surface area contributed by atoms with Gasteiger partial charge in [0, 0.05) is 5.56 Å². The van der Waals surface area contributed by atoms with E-state index in [1.54, 1.807) is 6.07 Å². The first kappa shape index (κ1) is 19.3. The van der Waals surface area contributed by atoms with Crippen molar-refractivity contribution in [1.29, 1.82) is 0 Å². The molecule has 1 amide bonds. The smallest absolute Gasteiger partial charge is 0.296 e. The van der Waals surface area contributed by atoms with Gasteiger partial charge in [-0.3, -0.25) is 14.9 Å². The van der Waals surface area contributed by atoms with E-state index in [0.29, 0.717) is 5.75 Å². The number of quaternary nitrogens is 1. The van der Waals surface area contributed by atoms with Crippen LogP contribution in [-0.2, 0) is 4.79 Å². The number of carbonyl (C=O) groups is 1. The maximum absolute atomic E-state index is 12.3. The minimum absolute atomic E-state index is 0.0581. The van der Waals surface area contributed by atoms with Crippen molar-refractivity contribution in [2.45, 2.75) is 13.0 Å². The predicted molar refractivity (Wildman–Crippen MR) is 107 cm³/mol. The molecule has 0 unspecified atom stereocenters. The van der Waals surface area contributed by atoms with Crippen molar-refractivity contribution < 1.29 is 19.8 Å². The molecule has 3 aromatic carbocycles. The van der Waals surface area contributed by atoms with Crippen molar-refractivity contribution in [1.82, 2.24) is 0 Å². The molecule has 0 aliphatic heterocycles. The molecule has 1 atom stereocenters. The highest BCUT2D eigenvalue weighted by molar-refractivity contribution is 5.94. The topological polar surface area (TPSA) is 98.1 Å². The van der Waals surface area contributed by atoms with Crippen LogP contribution in [0.25, 0.3) is 10.8 Å². The molecule has 144 valence electrons. The molecule has 0 aliphatic rings. The van der Waals surface area contributed by atoms with E-state index in [-0.39, 0.29) is 29.9 Å². The number of ether oxygens (including phenoxy) is 1. The number of rotatable bonds is 7. The predicted octanol–water partition coefficient (Wildman–Crippen LogP) is 3.02. The molecule has 0 heterocycles. The van der Waals surface area contributed by atoms with Gasteiger partial charge in [0.2, 0.25) is 0 Å². The summed E-state index contributed by atoms with van der Waals surface area (Å²) in [6.07, 6.45) is 0. The summed E-state index contributed by atoms with van der Waals surface area (Å²) in [6.45, 7) is 2.18. The number of nitrogens with one attached hydrogen (secondary N) is 1. The van der Waals surface area contributed by atoms with Crippen LogP contribution < -0.4 is 15.4 Å². The molecular weight excluding hydrogens is 358 g/mol. The maximum atomic E-state index is 12.3. The number of nitrogens with zero attached hydrogens (tertiary/aromatic N) is 1. The Morgan fingerprint density at radius 1 is 1.18 bits per heavy atom. The van der Waals surface area contributed by atoms with Crippen LogP contribution in [0.4, 0.5) is 11.4 Å². The van der Waals surface area contributed by atoms with Crippen LogP contribution in [0.2, 0.25) is 0 Å². The van der Waals surface area contributed by atoms with Gasteiger partial charge in [-0.15, -0.1) is 0 Å². The van der Waals surface area contributed by atoms with Gasteiger partial charge in [-0.05, 0) is 29.8 Å². The Hall–Kier alpha value is -3.45. The average Bonchev–Trinajstić information content (AvgIpc) is 2.71. The van der Waals surface area contributed by atoms with Crippen molar-refractivity contribution >= 4 is 28.1 Å². The molecule has 0 radical (unpaired) electrons. The van der Waals surface area contributed by atoms with Crippen LogP contribution in [0.5, 0.6) is 5.75 Å². The normalized spacial score (nSPS) is 11.8. The van der Waals surface area contributed by atoms with Crippen LogP contribution in [0.1, 0.15) is 18.5 Å². The Morgan fingerprint density at radius 2 is 1.93 bits per heavy atom. The second kappa shape index (κ2) is 8.49. The number of nitro groups is 1. The molecule has 7 heteroatoms. The molecule has 0 saturated heterocycles. The molecule has 7 nitrogen and oxygen atoms in total. The number of hydrogen-bond acceptors (Lipinski definition) is 4. The third-order valence-electron chi connectivity index (χ3n) is 4.65. The van der Waals surface area contributed by atoms with Gasteiger partial charge in [0.25, 0.3) is 11.6 Å². The molecule has 0 aromatic heterocycles. The third-order valence-corrected chi connectivity index (χ3v) is 4.65. The molecule has 0 bridgehead atoms. The fraction of sp³-hybridized carbons (Fsp3) is 0.190. The number of hydrogen-bond donors (Lipinski definition) is 2. The summed E-state index contributed by atoms with van der Waals surface area (Å²) in [4.78, 5) is 23.0. The summed E-state index contributed by atoms with van der Waals surface area (Å²) in [5.74, 6) is 0.0567. The van der Waals surface area contributed by atoms with E-state index in [4.69, 9.17) is 4.74 Å². The van der Waals surface area contributed by atoms with E-state index in [2.05, 4.69) is 29.6 Å². The second-order valence-corrected chi connectivity index (χ2v) is 6.49. The van der Waals surface area contributed by atoms with Crippen molar-refractivity contribution in [3.63, 3.8) is 0 Å². The number of methoxy groups -OCH3 is 1. The highest BCUT2D eigenvalue weighted by Crippen LogP contribution is 2.28. The first-order valence-corrected chi connectivity index (χ1v) is 8.93. The number of benzene rings is 3. The number of fused-ring (bicyclic) bond motifs is 1. The monoisotopic (exact) mass is 380 g/mol. The lowest BCUT2D eigenvalue weighted by Gasteiger charge is -2.14. The molecule has 28 heavy (non-hydrogen) atoms. The lowest BCUT2D eigenvalue weighted by atomic mass is 10.00. The minimum Gasteiger partial charge on any atom is -0.496 e. The minimum atomic E-state index is -0.541. The molecule has 3 aromatic rings. The fourth-order valence-corrected chi connectivity index (χ4v) is 3.15. The Bertz CT molecular complexity index is 1010. The number of nitrogens with two attached hydrogens (primary N) is 1. The van der Waals surface area contributed by atoms with E-state index >= 15 is 0 Å². The lowest BCUT2D eigenvalue weighted by Crippen LogP contribution is -2.86. The Balaban J connectivity index is 1.68. The Morgan fingerprint density at radius 3 is 2.68 bits per heavy atom. The second-order valence-electron chi connectivity index (χ2n) is 6.49. The third kappa shape index (κ3) is 4.27. The fourth-order valence-electron chi connectivity index (χ4n) is 3.15. The van der Waals surface area contributed by atoms with Crippen molar-refractivity contribution in [3.8, 4) is 5.75 Å². The van der Waals surface area contributed by atoms with Crippen molar-refractivity contribution in [2.75, 3.05) is 19.0 Å². The van der Waals surface area contributed by atoms with Gasteiger partial charge in [-0.25, -0.2) is 0 Å². The number of carbonyl (C=O) groups excluding carboxylic acids is 1. The van der Waals surface area contributed by atoms with Gasteiger partial charge in [0.05, 0.1) is 18.1 Å². The SMILES string of the molecule is COc1ccc(NC(=O)C[NH2+][C@H](C)c2cccc3ccccc23)c([N+](=O)[O-])c1. The quantitative estimate of drug-likeness (QED) is 0.486. The van der Waals surface area contributed by atoms with Crippen molar-refractivity contribution in [3.05, 3.63) is 76.3 Å². The van der Waals surface area contributed by atoms with Crippen LogP contribution in [-0.4, -0.2) is 24.5 Å². The summed E-state index contributed by atoms with van der Waals surface area (Å²) in [5, 5.41) is 18.1. The lowest BCUT2D eigenvalue weighted by molar-refractivity contribution is -0.682. The molecule has 0 spiro atoms. The van der Waals surface area contributed by atoms with Crippen LogP contribution in [0.3, 0.4) is 0 Å². The van der Waals surface area contributed by atoms with Crippen LogP contribution in [0.15, 0.2) is 60.7 Å². The highest BCUT2D eigenvalue weighted by atomic mass is 16.6. The summed E-state index contributed by atoms with van der Waals surface area (Å²) in [5.41, 5.74) is 1.10. The van der Waals surface area contributed by atoms with Gasteiger partial charge in [-0.1, -0.05) is 42.5 Å². The zero-order valence-corrected chi connectivity index (χ0v) is 15.7. The van der Waals surface area contributed by atoms with Gasteiger partial charge in [-0.2, -0.15) is 0 Å². The van der Waals surface area contributed by atoms with Crippen LogP contribution in [0, 0.1) is 10.1 Å². The number of anilines is 1. The Labute approximate surface area is 162 Å². The van der Waals surface area contributed by atoms with Gasteiger partial charge < -0.3 is 15.4 Å². The van der Waals surface area contributed by atoms with E-state index in [9.17, 15) is 14.9 Å². The first-order valence-electron chi connectivity index (χ1n) is 8.93. The number of amides is 1. The van der Waals surface area contributed by atoms with E-state index < -0.39 is 4.92 Å². The molecule has 0 fully saturated rings. The summed E-state index contributed by atoms with van der Waals surface area (Å²) in [6, 6.07) is 18.6. The summed E-state index contributed by atoms with van der Waals surface area (Å²) < 4.78 is 5.00. The van der Waals surface area contributed by atoms with E-state index in [1.165, 1.54) is 19.2 Å². The zero-order valence-electron chi connectivity index (χ0n) is 15.7. The first-order chi connectivity index (χ1) is 13.5. The maximum Gasteiger partial charge on any atom is 0.296 e. The number of nitro benzene ring substituents is 1. The summed E-state index contributed by atoms with van der Waals surface area (Å²) in [7, 11) is 1.43. The molecule has 3 N–H and O–H groups in total. The van der Waals surface area contributed by atoms with Gasteiger partial charge >= 0.3 is 0 Å². The van der Waals surface area contributed by atoms with Crippen LogP contribution >= 0.6 is 0 Å². The van der Waals surface area contributed by atoms with Crippen molar-refractivity contribution in [2.24, 2.45) is 0 Å². The van der Waals surface area contributed by atoms with E-state index in [0.717, 1.165) is 16.3 Å². The van der Waals surface area contributed by atoms with Gasteiger partial charge in [0.1, 0.15) is 17.5 Å². The molecule has 0 saturated carbocycles. The van der Waals surface area contributed by atoms with E-state index in [1.807, 2.05) is 30.4 Å². The zero-order chi connectivity index (χ0) is 20.1. The summed E-state index contributed by atoms with van der Waals surface area (Å²) >= 11 is 0. The molecule has 3 rings (SSSR count). The average molecular weight is 380 g/mol. The largest absolute Gasteiger partial charge is 0.496 e. The van der Waals surface area contributed by atoms with Gasteiger partial charge in [0.15, 0.2) is 6.54 Å². The molecule has 0 aliphatic carbocycles. The molecular formula is C21H22N3O4+. The highest BCUT2D eigenvalue weighted by Gasteiger charge is 2.19. The Kier molecular flexibility index (Phi) is 5.86.